The van der Waals surface area contributed by atoms with Crippen LogP contribution in [0.25, 0.3) is 22.1 Å². The van der Waals surface area contributed by atoms with Crippen LogP contribution < -0.4 is 0 Å². The van der Waals surface area contributed by atoms with E-state index in [2.05, 4.69) is 58.3 Å². The molecule has 0 fully saturated rings. The highest BCUT2D eigenvalue weighted by molar-refractivity contribution is 8.01. The van der Waals surface area contributed by atoms with Crippen molar-refractivity contribution >= 4 is 62.2 Å². The monoisotopic (exact) mass is 458 g/mol. The molecular weight excluding hydrogens is 433 g/mol. The highest BCUT2D eigenvalue weighted by atomic mass is 32.2. The van der Waals surface area contributed by atoms with Crippen LogP contribution in [0.5, 0.6) is 0 Å². The smallest absolute Gasteiger partial charge is 0.183 e. The van der Waals surface area contributed by atoms with E-state index in [4.69, 9.17) is 4.12 Å². The lowest BCUT2D eigenvalue weighted by Gasteiger charge is -2.33. The number of hydrogen-bond acceptors (Lipinski definition) is 5. The number of benzene rings is 2. The molecule has 4 aromatic rings. The Balaban J connectivity index is 1.33. The van der Waals surface area contributed by atoms with Gasteiger partial charge in [0.1, 0.15) is 0 Å². The van der Waals surface area contributed by atoms with Crippen molar-refractivity contribution in [1.29, 1.82) is 0 Å². The molecule has 0 unspecified atom stereocenters. The lowest BCUT2D eigenvalue weighted by molar-refractivity contribution is 0.556. The lowest BCUT2D eigenvalue weighted by atomic mass is 10.3. The molecule has 0 bridgehead atoms. The first-order chi connectivity index (χ1) is 13.8. The van der Waals surface area contributed by atoms with Crippen molar-refractivity contribution < 1.29 is 4.12 Å². The van der Waals surface area contributed by atoms with E-state index in [1.807, 2.05) is 36.4 Å². The summed E-state index contributed by atoms with van der Waals surface area (Å²) < 4.78 is 6.77. The number of aromatic nitrogens is 4. The lowest BCUT2D eigenvalue weighted by Crippen LogP contribution is -2.48. The van der Waals surface area contributed by atoms with Crippen molar-refractivity contribution in [2.75, 3.05) is 10.8 Å². The fourth-order valence-corrected chi connectivity index (χ4v) is 15.4. The van der Waals surface area contributed by atoms with E-state index < -0.39 is 16.6 Å². The average molecular weight is 459 g/mol. The van der Waals surface area contributed by atoms with Gasteiger partial charge in [-0.25, -0.2) is 9.97 Å². The van der Waals surface area contributed by atoms with Crippen LogP contribution in [-0.2, 0) is 4.12 Å². The van der Waals surface area contributed by atoms with Crippen molar-refractivity contribution in [3.8, 4) is 0 Å². The molecule has 0 aliphatic carbocycles. The summed E-state index contributed by atoms with van der Waals surface area (Å²) in [5.41, 5.74) is 4.22. The number of thioether (sulfide) groups is 2. The van der Waals surface area contributed by atoms with E-state index in [9.17, 15) is 0 Å². The Morgan fingerprint density at radius 1 is 0.724 bits per heavy atom. The summed E-state index contributed by atoms with van der Waals surface area (Å²) in [5.74, 6) is 0. The van der Waals surface area contributed by atoms with Crippen molar-refractivity contribution in [3.63, 3.8) is 0 Å². The van der Waals surface area contributed by atoms with Gasteiger partial charge in [0.25, 0.3) is 0 Å². The summed E-state index contributed by atoms with van der Waals surface area (Å²) in [6.45, 7) is 9.24. The van der Waals surface area contributed by atoms with Gasteiger partial charge in [-0.3, -0.25) is 0 Å². The number of fused-ring (bicyclic) bond motifs is 2. The van der Waals surface area contributed by atoms with Crippen LogP contribution in [-0.4, -0.2) is 47.3 Å². The van der Waals surface area contributed by atoms with Gasteiger partial charge in [-0.15, -0.1) is 0 Å². The van der Waals surface area contributed by atoms with E-state index in [1.54, 1.807) is 23.5 Å². The number of rotatable bonds is 8. The van der Waals surface area contributed by atoms with Crippen LogP contribution in [0.3, 0.4) is 0 Å². The minimum absolute atomic E-state index is 0.978. The summed E-state index contributed by atoms with van der Waals surface area (Å²) in [5, 5.41) is 3.93. The first-order valence-electron chi connectivity index (χ1n) is 9.65. The van der Waals surface area contributed by atoms with Crippen LogP contribution in [0, 0.1) is 0 Å². The maximum Gasteiger partial charge on any atom is 0.183 e. The molecule has 0 aliphatic rings. The fourth-order valence-electron chi connectivity index (χ4n) is 3.29. The Hall–Kier alpha value is -1.53. The molecule has 2 heterocycles. The van der Waals surface area contributed by atoms with Crippen molar-refractivity contribution in [2.24, 2.45) is 0 Å². The third-order valence-electron chi connectivity index (χ3n) is 4.40. The summed E-state index contributed by atoms with van der Waals surface area (Å²) >= 11 is 3.56. The topological polar surface area (TPSA) is 66.6 Å². The summed E-state index contributed by atoms with van der Waals surface area (Å²) in [6.07, 6.45) is 0. The largest absolute Gasteiger partial charge is 0.454 e. The van der Waals surface area contributed by atoms with Gasteiger partial charge in [0.15, 0.2) is 26.9 Å². The van der Waals surface area contributed by atoms with Crippen LogP contribution in [0.4, 0.5) is 0 Å². The predicted octanol–water partition coefficient (Wildman–Crippen LogP) is 5.83. The molecule has 152 valence electrons. The zero-order valence-electron chi connectivity index (χ0n) is 17.2. The Morgan fingerprint density at radius 2 is 1.14 bits per heavy atom. The summed E-state index contributed by atoms with van der Waals surface area (Å²) in [7, 11) is -3.64. The van der Waals surface area contributed by atoms with Gasteiger partial charge in [-0.1, -0.05) is 47.8 Å². The summed E-state index contributed by atoms with van der Waals surface area (Å²) in [4.78, 5) is 16.2. The number of imidazole rings is 2. The van der Waals surface area contributed by atoms with Gasteiger partial charge in [0.2, 0.25) is 0 Å². The van der Waals surface area contributed by atoms with Gasteiger partial charge in [-0.05, 0) is 50.5 Å². The van der Waals surface area contributed by atoms with E-state index in [1.165, 1.54) is 0 Å². The van der Waals surface area contributed by atoms with Crippen molar-refractivity contribution in [2.45, 2.75) is 36.5 Å². The van der Waals surface area contributed by atoms with Crippen LogP contribution >= 0.6 is 23.5 Å². The Labute approximate surface area is 181 Å². The van der Waals surface area contributed by atoms with E-state index >= 15 is 0 Å². The van der Waals surface area contributed by atoms with Crippen molar-refractivity contribution in [1.82, 2.24) is 19.9 Å². The molecule has 2 aromatic carbocycles. The number of para-hydroxylation sites is 4. The van der Waals surface area contributed by atoms with Crippen LogP contribution in [0.15, 0.2) is 58.8 Å². The molecular formula is C20H26N4OS2Si2. The Kier molecular flexibility index (Phi) is 5.94. The highest BCUT2D eigenvalue weighted by Gasteiger charge is 2.33. The SMILES string of the molecule is C[Si](C)(CSc1nc2ccccc2[nH]1)O[Si](C)(C)CSc1nc2ccccc2[nH]1. The maximum absolute atomic E-state index is 6.77. The first-order valence-corrected chi connectivity index (χ1v) is 17.9. The van der Waals surface area contributed by atoms with Gasteiger partial charge in [0.05, 0.1) is 22.1 Å². The molecule has 2 aromatic heterocycles. The number of nitrogens with one attached hydrogen (secondary N) is 2. The van der Waals surface area contributed by atoms with Crippen molar-refractivity contribution in [3.05, 3.63) is 48.5 Å². The number of aromatic amines is 2. The predicted molar refractivity (Wildman–Crippen MR) is 130 cm³/mol. The number of H-pyrrole nitrogens is 2. The molecule has 9 heteroatoms. The van der Waals surface area contributed by atoms with Gasteiger partial charge in [-0.2, -0.15) is 0 Å². The Bertz CT molecular complexity index is 972. The average Bonchev–Trinajstić information content (AvgIpc) is 3.27. The first kappa shape index (κ1) is 20.7. The molecule has 0 aliphatic heterocycles. The second kappa shape index (κ2) is 8.31. The maximum atomic E-state index is 6.77. The Morgan fingerprint density at radius 3 is 1.55 bits per heavy atom. The quantitative estimate of drug-likeness (QED) is 0.257. The van der Waals surface area contributed by atoms with Crippen LogP contribution in [0.1, 0.15) is 0 Å². The normalized spacial score (nSPS) is 12.8. The van der Waals surface area contributed by atoms with Gasteiger partial charge >= 0.3 is 0 Å². The van der Waals surface area contributed by atoms with Gasteiger partial charge in [0, 0.05) is 10.8 Å². The van der Waals surface area contributed by atoms with Gasteiger partial charge < -0.3 is 14.1 Å². The zero-order valence-corrected chi connectivity index (χ0v) is 20.8. The second-order valence-corrected chi connectivity index (χ2v) is 19.8. The minimum atomic E-state index is -1.82. The molecule has 29 heavy (non-hydrogen) atoms. The van der Waals surface area contributed by atoms with E-state index in [-0.39, 0.29) is 0 Å². The molecule has 2 N–H and O–H groups in total. The third-order valence-corrected chi connectivity index (χ3v) is 16.5. The number of hydrogen-bond donors (Lipinski definition) is 2. The van der Waals surface area contributed by atoms with E-state index in [0.29, 0.717) is 0 Å². The third kappa shape index (κ3) is 5.34. The highest BCUT2D eigenvalue weighted by Crippen LogP contribution is 2.28. The molecule has 0 atom stereocenters. The molecule has 0 amide bonds. The molecule has 4 rings (SSSR count). The standard InChI is InChI=1S/C20H26N4OS2Si2/c1-28(2,13-26-19-21-15-9-5-6-10-16(15)22-19)25-29(3,4)14-27-20-23-17-11-7-8-12-18(17)24-20/h5-12H,13-14H2,1-4H3,(H,21,22)(H,23,24). The molecule has 0 spiro atoms. The summed E-state index contributed by atoms with van der Waals surface area (Å²) in [6, 6.07) is 16.3. The van der Waals surface area contributed by atoms with Crippen LogP contribution in [0.2, 0.25) is 26.2 Å². The fraction of sp³-hybridized carbons (Fsp3) is 0.300. The molecule has 0 saturated carbocycles. The molecule has 0 saturated heterocycles. The zero-order chi connectivity index (χ0) is 20.5. The number of nitrogens with zero attached hydrogens (tertiary/aromatic N) is 2. The second-order valence-electron chi connectivity index (χ2n) is 8.32. The molecule has 0 radical (unpaired) electrons. The molecule has 5 nitrogen and oxygen atoms in total. The van der Waals surface area contributed by atoms with E-state index in [0.717, 1.165) is 43.1 Å². The minimum Gasteiger partial charge on any atom is -0.454 e.